The molecule has 1 aliphatic rings. The number of benzene rings is 1. The average molecular weight is 430 g/mol. The summed E-state index contributed by atoms with van der Waals surface area (Å²) in [6.45, 7) is 2.10. The number of nitrogens with zero attached hydrogens (tertiary/aromatic N) is 4. The van der Waals surface area contributed by atoms with E-state index in [4.69, 9.17) is 28.2 Å². The summed E-state index contributed by atoms with van der Waals surface area (Å²) in [6, 6.07) is 13.1. The van der Waals surface area contributed by atoms with E-state index in [0.29, 0.717) is 28.2 Å². The van der Waals surface area contributed by atoms with Gasteiger partial charge in [0.1, 0.15) is 5.82 Å². The van der Waals surface area contributed by atoms with Gasteiger partial charge >= 0.3 is 0 Å². The van der Waals surface area contributed by atoms with Crippen molar-refractivity contribution in [2.75, 3.05) is 18.4 Å². The lowest BCUT2D eigenvalue weighted by Crippen LogP contribution is -2.39. The Morgan fingerprint density at radius 1 is 1.21 bits per heavy atom. The Morgan fingerprint density at radius 3 is 2.66 bits per heavy atom. The molecule has 1 N–H and O–H groups in total. The lowest BCUT2D eigenvalue weighted by molar-refractivity contribution is -0.121. The van der Waals surface area contributed by atoms with Crippen LogP contribution < -0.4 is 5.32 Å². The van der Waals surface area contributed by atoms with Crippen LogP contribution in [0.3, 0.4) is 0 Å². The number of amides is 1. The maximum atomic E-state index is 12.5. The molecule has 150 valence electrons. The van der Waals surface area contributed by atoms with Gasteiger partial charge in [0.15, 0.2) is 0 Å². The van der Waals surface area contributed by atoms with E-state index in [0.717, 1.165) is 31.5 Å². The highest BCUT2D eigenvalue weighted by Crippen LogP contribution is 2.21. The number of hydrogen-bond acceptors (Lipinski definition) is 6. The minimum absolute atomic E-state index is 0.0103. The number of pyridine rings is 1. The zero-order chi connectivity index (χ0) is 20.2. The number of halogens is 1. The predicted octanol–water partition coefficient (Wildman–Crippen LogP) is 4.23. The van der Waals surface area contributed by atoms with Crippen molar-refractivity contribution in [1.29, 1.82) is 0 Å². The summed E-state index contributed by atoms with van der Waals surface area (Å²) in [4.78, 5) is 19.2. The maximum Gasteiger partial charge on any atom is 0.288 e. The fraction of sp³-hybridized carbons (Fsp3) is 0.300. The Morgan fingerprint density at radius 2 is 1.97 bits per heavy atom. The van der Waals surface area contributed by atoms with Crippen molar-refractivity contribution < 1.29 is 9.21 Å². The molecule has 0 radical (unpaired) electrons. The number of hydrogen-bond donors (Lipinski definition) is 1. The fourth-order valence-electron chi connectivity index (χ4n) is 3.30. The van der Waals surface area contributed by atoms with Crippen molar-refractivity contribution in [2.45, 2.75) is 19.5 Å². The molecule has 4 rings (SSSR count). The number of likely N-dealkylation sites (tertiary alicyclic amines) is 1. The molecule has 1 amide bonds. The Kier molecular flexibility index (Phi) is 6.03. The second-order valence-corrected chi connectivity index (χ2v) is 7.71. The van der Waals surface area contributed by atoms with Gasteiger partial charge in [0.25, 0.3) is 4.84 Å². The van der Waals surface area contributed by atoms with Crippen LogP contribution in [0.4, 0.5) is 5.82 Å². The van der Waals surface area contributed by atoms with Gasteiger partial charge in [-0.25, -0.2) is 9.67 Å². The van der Waals surface area contributed by atoms with Crippen molar-refractivity contribution >= 4 is 35.5 Å². The van der Waals surface area contributed by atoms with Crippen LogP contribution in [0.5, 0.6) is 0 Å². The first-order valence-electron chi connectivity index (χ1n) is 9.36. The first-order valence-corrected chi connectivity index (χ1v) is 10.2. The molecule has 2 aromatic heterocycles. The molecule has 0 aliphatic carbocycles. The molecule has 7 nitrogen and oxygen atoms in total. The van der Waals surface area contributed by atoms with E-state index in [1.807, 2.05) is 30.3 Å². The van der Waals surface area contributed by atoms with Crippen molar-refractivity contribution in [3.05, 3.63) is 58.5 Å². The minimum atomic E-state index is -0.0473. The quantitative estimate of drug-likeness (QED) is 0.611. The Labute approximate surface area is 178 Å². The summed E-state index contributed by atoms with van der Waals surface area (Å²) in [6.07, 6.45) is 3.04. The van der Waals surface area contributed by atoms with Gasteiger partial charge < -0.3 is 9.73 Å². The van der Waals surface area contributed by atoms with Crippen LogP contribution in [0.1, 0.15) is 12.8 Å². The van der Waals surface area contributed by atoms with Gasteiger partial charge in [-0.15, -0.1) is 5.10 Å². The Hall–Kier alpha value is -2.55. The average Bonchev–Trinajstić information content (AvgIpc) is 3.11. The van der Waals surface area contributed by atoms with Crippen LogP contribution in [0.2, 0.25) is 5.02 Å². The monoisotopic (exact) mass is 429 g/mol. The summed E-state index contributed by atoms with van der Waals surface area (Å²) in [5, 5.41) is 7.89. The number of piperidine rings is 1. The van der Waals surface area contributed by atoms with Gasteiger partial charge in [-0.2, -0.15) is 0 Å². The molecule has 3 heterocycles. The number of carbonyl (C=O) groups is 1. The molecule has 0 saturated carbocycles. The van der Waals surface area contributed by atoms with Crippen LogP contribution in [-0.4, -0.2) is 38.7 Å². The highest BCUT2D eigenvalue weighted by molar-refractivity contribution is 7.71. The number of aromatic nitrogens is 3. The summed E-state index contributed by atoms with van der Waals surface area (Å²) in [5.74, 6) is 0.974. The van der Waals surface area contributed by atoms with Crippen LogP contribution in [0.15, 0.2) is 53.1 Å². The van der Waals surface area contributed by atoms with Gasteiger partial charge in [0, 0.05) is 30.8 Å². The Balaban J connectivity index is 1.32. The molecular weight excluding hydrogens is 410 g/mol. The zero-order valence-corrected chi connectivity index (χ0v) is 17.2. The van der Waals surface area contributed by atoms with Crippen LogP contribution in [0.25, 0.3) is 11.5 Å². The van der Waals surface area contributed by atoms with Crippen molar-refractivity contribution in [3.8, 4) is 11.5 Å². The van der Waals surface area contributed by atoms with E-state index in [-0.39, 0.29) is 11.8 Å². The van der Waals surface area contributed by atoms with Gasteiger partial charge in [0.2, 0.25) is 11.8 Å². The highest BCUT2D eigenvalue weighted by Gasteiger charge is 2.26. The molecule has 0 spiro atoms. The SMILES string of the molecule is O=C(Nc1ccc(Cl)cn1)C1CCN(Cn2nc(-c3ccccc3)oc2=S)CC1. The molecular formula is C20H20ClN5O2S. The number of anilines is 1. The van der Waals surface area contributed by atoms with E-state index in [9.17, 15) is 4.79 Å². The molecule has 0 bridgehead atoms. The molecule has 0 atom stereocenters. The van der Waals surface area contributed by atoms with Crippen LogP contribution >= 0.6 is 23.8 Å². The molecule has 9 heteroatoms. The standard InChI is InChI=1S/C20H20ClN5O2S/c21-16-6-7-17(22-12-16)23-18(27)14-8-10-25(11-9-14)13-26-20(29)28-19(24-26)15-4-2-1-3-5-15/h1-7,12,14H,8-11,13H2,(H,22,23,27). The normalized spacial score (nSPS) is 15.3. The van der Waals surface area contributed by atoms with Crippen LogP contribution in [-0.2, 0) is 11.5 Å². The summed E-state index contributed by atoms with van der Waals surface area (Å²) >= 11 is 11.1. The maximum absolute atomic E-state index is 12.5. The highest BCUT2D eigenvalue weighted by atomic mass is 35.5. The molecule has 1 fully saturated rings. The third kappa shape index (κ3) is 4.90. The third-order valence-electron chi connectivity index (χ3n) is 4.90. The second kappa shape index (κ2) is 8.86. The summed E-state index contributed by atoms with van der Waals surface area (Å²) < 4.78 is 7.33. The third-order valence-corrected chi connectivity index (χ3v) is 5.42. The second-order valence-electron chi connectivity index (χ2n) is 6.92. The van der Waals surface area contributed by atoms with Crippen molar-refractivity contribution in [1.82, 2.24) is 19.7 Å². The number of nitrogens with one attached hydrogen (secondary N) is 1. The topological polar surface area (TPSA) is 76.2 Å². The van der Waals surface area contributed by atoms with E-state index in [1.54, 1.807) is 16.8 Å². The van der Waals surface area contributed by atoms with Gasteiger partial charge in [-0.3, -0.25) is 9.69 Å². The summed E-state index contributed by atoms with van der Waals surface area (Å²) in [5.41, 5.74) is 0.892. The van der Waals surface area contributed by atoms with Gasteiger partial charge in [0.05, 0.1) is 11.7 Å². The first kappa shape index (κ1) is 19.8. The molecule has 1 saturated heterocycles. The van der Waals surface area contributed by atoms with E-state index < -0.39 is 0 Å². The number of rotatable bonds is 5. The van der Waals surface area contributed by atoms with E-state index >= 15 is 0 Å². The van der Waals surface area contributed by atoms with E-state index in [2.05, 4.69) is 20.3 Å². The fourth-order valence-corrected chi connectivity index (χ4v) is 3.59. The smallest absolute Gasteiger partial charge is 0.288 e. The Bertz CT molecular complexity index is 1030. The van der Waals surface area contributed by atoms with Gasteiger partial charge in [-0.05, 0) is 49.3 Å². The summed E-state index contributed by atoms with van der Waals surface area (Å²) in [7, 11) is 0. The predicted molar refractivity (Wildman–Crippen MR) is 113 cm³/mol. The van der Waals surface area contributed by atoms with E-state index in [1.165, 1.54) is 6.20 Å². The van der Waals surface area contributed by atoms with Crippen LogP contribution in [0, 0.1) is 10.8 Å². The van der Waals surface area contributed by atoms with Crippen molar-refractivity contribution in [3.63, 3.8) is 0 Å². The first-order chi connectivity index (χ1) is 14.1. The van der Waals surface area contributed by atoms with Gasteiger partial charge in [-0.1, -0.05) is 29.8 Å². The molecule has 1 aliphatic heterocycles. The lowest BCUT2D eigenvalue weighted by Gasteiger charge is -2.30. The molecule has 29 heavy (non-hydrogen) atoms. The van der Waals surface area contributed by atoms with Crippen molar-refractivity contribution in [2.24, 2.45) is 5.92 Å². The molecule has 3 aromatic rings. The largest absolute Gasteiger partial charge is 0.409 e. The molecule has 1 aromatic carbocycles. The molecule has 0 unspecified atom stereocenters. The zero-order valence-electron chi connectivity index (χ0n) is 15.6. The minimum Gasteiger partial charge on any atom is -0.409 e. The number of carbonyl (C=O) groups excluding carboxylic acids is 1. The lowest BCUT2D eigenvalue weighted by atomic mass is 9.96.